The lowest BCUT2D eigenvalue weighted by molar-refractivity contribution is 0.331. The molecule has 15 heavy (non-hydrogen) atoms. The van der Waals surface area contributed by atoms with Crippen LogP contribution >= 0.6 is 0 Å². The summed E-state index contributed by atoms with van der Waals surface area (Å²) in [6.07, 6.45) is 0. The van der Waals surface area contributed by atoms with Crippen LogP contribution in [-0.2, 0) is 7.05 Å². The monoisotopic (exact) mass is 207 g/mol. The zero-order chi connectivity index (χ0) is 10.8. The van der Waals surface area contributed by atoms with Crippen LogP contribution < -0.4 is 16.2 Å². The molecule has 0 amide bonds. The van der Waals surface area contributed by atoms with Crippen molar-refractivity contribution in [2.45, 2.75) is 0 Å². The number of fused-ring (bicyclic) bond motifs is 1. The summed E-state index contributed by atoms with van der Waals surface area (Å²) < 4.78 is 6.99. The minimum atomic E-state index is -0.145. The number of ether oxygens (including phenoxy) is 1. The standard InChI is InChI=1S/C10H13N3O2/c1-13-9-7(12-10(13)14)3-2-4-8(9)15-6-5-11/h2-4H,5-6,11H2,1H3,(H,12,14). The van der Waals surface area contributed by atoms with Crippen LogP contribution in [0.15, 0.2) is 23.0 Å². The van der Waals surface area contributed by atoms with Crippen molar-refractivity contribution < 1.29 is 4.74 Å². The van der Waals surface area contributed by atoms with Crippen molar-refractivity contribution in [2.24, 2.45) is 12.8 Å². The van der Waals surface area contributed by atoms with Gasteiger partial charge in [0.15, 0.2) is 0 Å². The Balaban J connectivity index is 2.58. The topological polar surface area (TPSA) is 73.0 Å². The van der Waals surface area contributed by atoms with E-state index in [0.29, 0.717) is 18.9 Å². The third-order valence-corrected chi connectivity index (χ3v) is 2.26. The molecule has 0 radical (unpaired) electrons. The predicted octanol–water partition coefficient (Wildman–Crippen LogP) is 0.204. The van der Waals surface area contributed by atoms with Gasteiger partial charge in [0.05, 0.1) is 5.52 Å². The molecule has 0 saturated heterocycles. The number of para-hydroxylation sites is 1. The lowest BCUT2D eigenvalue weighted by Gasteiger charge is -2.06. The van der Waals surface area contributed by atoms with Gasteiger partial charge >= 0.3 is 5.69 Å². The molecule has 80 valence electrons. The molecule has 0 aliphatic rings. The summed E-state index contributed by atoms with van der Waals surface area (Å²) in [4.78, 5) is 14.1. The summed E-state index contributed by atoms with van der Waals surface area (Å²) in [6, 6.07) is 5.50. The van der Waals surface area contributed by atoms with Gasteiger partial charge in [-0.2, -0.15) is 0 Å². The zero-order valence-electron chi connectivity index (χ0n) is 8.49. The Bertz CT molecular complexity index is 527. The molecule has 0 aliphatic carbocycles. The first-order valence-electron chi connectivity index (χ1n) is 4.74. The Labute approximate surface area is 86.5 Å². The Kier molecular flexibility index (Phi) is 2.47. The lowest BCUT2D eigenvalue weighted by Crippen LogP contribution is -2.13. The lowest BCUT2D eigenvalue weighted by atomic mass is 10.3. The van der Waals surface area contributed by atoms with Crippen molar-refractivity contribution in [2.75, 3.05) is 13.2 Å². The van der Waals surface area contributed by atoms with Gasteiger partial charge in [-0.3, -0.25) is 4.57 Å². The number of nitrogens with zero attached hydrogens (tertiary/aromatic N) is 1. The van der Waals surface area contributed by atoms with Gasteiger partial charge in [0.1, 0.15) is 17.9 Å². The van der Waals surface area contributed by atoms with Crippen LogP contribution in [0.1, 0.15) is 0 Å². The van der Waals surface area contributed by atoms with Crippen LogP contribution in [0.3, 0.4) is 0 Å². The van der Waals surface area contributed by atoms with Crippen molar-refractivity contribution in [3.63, 3.8) is 0 Å². The average Bonchev–Trinajstić information content (AvgIpc) is 2.53. The molecule has 1 aromatic carbocycles. The quantitative estimate of drug-likeness (QED) is 0.755. The highest BCUT2D eigenvalue weighted by Gasteiger charge is 2.08. The van der Waals surface area contributed by atoms with E-state index < -0.39 is 0 Å². The van der Waals surface area contributed by atoms with Crippen LogP contribution in [0, 0.1) is 0 Å². The molecule has 3 N–H and O–H groups in total. The third-order valence-electron chi connectivity index (χ3n) is 2.26. The number of benzene rings is 1. The van der Waals surface area contributed by atoms with E-state index in [1.54, 1.807) is 7.05 Å². The first kappa shape index (κ1) is 9.79. The maximum Gasteiger partial charge on any atom is 0.326 e. The highest BCUT2D eigenvalue weighted by molar-refractivity contribution is 5.81. The summed E-state index contributed by atoms with van der Waals surface area (Å²) in [5, 5.41) is 0. The molecule has 1 aromatic heterocycles. The summed E-state index contributed by atoms with van der Waals surface area (Å²) in [7, 11) is 1.70. The highest BCUT2D eigenvalue weighted by Crippen LogP contribution is 2.22. The summed E-state index contributed by atoms with van der Waals surface area (Å²) in [5.74, 6) is 0.679. The normalized spacial score (nSPS) is 10.8. The van der Waals surface area contributed by atoms with E-state index in [1.807, 2.05) is 18.2 Å². The van der Waals surface area contributed by atoms with E-state index in [2.05, 4.69) is 4.98 Å². The first-order chi connectivity index (χ1) is 7.24. The molecule has 0 fully saturated rings. The van der Waals surface area contributed by atoms with E-state index >= 15 is 0 Å². The molecule has 0 atom stereocenters. The number of nitrogens with one attached hydrogen (secondary N) is 1. The van der Waals surface area contributed by atoms with E-state index in [1.165, 1.54) is 4.57 Å². The van der Waals surface area contributed by atoms with Crippen LogP contribution in [0.4, 0.5) is 0 Å². The number of aromatic nitrogens is 2. The zero-order valence-corrected chi connectivity index (χ0v) is 8.49. The van der Waals surface area contributed by atoms with Crippen molar-refractivity contribution in [1.82, 2.24) is 9.55 Å². The van der Waals surface area contributed by atoms with Gasteiger partial charge in [-0.1, -0.05) is 6.07 Å². The van der Waals surface area contributed by atoms with Gasteiger partial charge in [0.2, 0.25) is 0 Å². The number of rotatable bonds is 3. The maximum absolute atomic E-state index is 11.4. The fourth-order valence-electron chi connectivity index (χ4n) is 1.56. The van der Waals surface area contributed by atoms with Crippen LogP contribution in [-0.4, -0.2) is 22.7 Å². The van der Waals surface area contributed by atoms with Crippen molar-refractivity contribution in [3.05, 3.63) is 28.7 Å². The minimum absolute atomic E-state index is 0.145. The second-order valence-corrected chi connectivity index (χ2v) is 3.28. The van der Waals surface area contributed by atoms with Gasteiger partial charge in [0, 0.05) is 13.6 Å². The molecule has 2 aromatic rings. The highest BCUT2D eigenvalue weighted by atomic mass is 16.5. The smallest absolute Gasteiger partial charge is 0.326 e. The van der Waals surface area contributed by atoms with Gasteiger partial charge in [-0.25, -0.2) is 4.79 Å². The molecule has 0 unspecified atom stereocenters. The molecule has 0 saturated carbocycles. The van der Waals surface area contributed by atoms with Crippen molar-refractivity contribution in [3.8, 4) is 5.75 Å². The van der Waals surface area contributed by atoms with E-state index in [-0.39, 0.29) is 5.69 Å². The number of hydrogen-bond acceptors (Lipinski definition) is 3. The molecule has 0 aliphatic heterocycles. The summed E-state index contributed by atoms with van der Waals surface area (Å²) in [5.41, 5.74) is 6.77. The number of aromatic amines is 1. The number of imidazole rings is 1. The Morgan fingerprint density at radius 2 is 2.33 bits per heavy atom. The van der Waals surface area contributed by atoms with Gasteiger partial charge in [0.25, 0.3) is 0 Å². The second-order valence-electron chi connectivity index (χ2n) is 3.28. The Morgan fingerprint density at radius 3 is 3.07 bits per heavy atom. The first-order valence-corrected chi connectivity index (χ1v) is 4.74. The molecular weight excluding hydrogens is 194 g/mol. The number of aryl methyl sites for hydroxylation is 1. The molecule has 0 spiro atoms. The molecular formula is C10H13N3O2. The SMILES string of the molecule is Cn1c(=O)[nH]c2cccc(OCCN)c21. The molecule has 1 heterocycles. The fraction of sp³-hybridized carbons (Fsp3) is 0.300. The molecule has 5 heteroatoms. The summed E-state index contributed by atoms with van der Waals surface area (Å²) >= 11 is 0. The van der Waals surface area contributed by atoms with Gasteiger partial charge in [-0.05, 0) is 12.1 Å². The van der Waals surface area contributed by atoms with E-state index in [9.17, 15) is 4.79 Å². The number of hydrogen-bond donors (Lipinski definition) is 2. The van der Waals surface area contributed by atoms with Crippen LogP contribution in [0.25, 0.3) is 11.0 Å². The van der Waals surface area contributed by atoms with Crippen molar-refractivity contribution >= 4 is 11.0 Å². The third kappa shape index (κ3) is 1.61. The van der Waals surface area contributed by atoms with E-state index in [4.69, 9.17) is 10.5 Å². The molecule has 2 rings (SSSR count). The molecule has 5 nitrogen and oxygen atoms in total. The van der Waals surface area contributed by atoms with Gasteiger partial charge in [-0.15, -0.1) is 0 Å². The van der Waals surface area contributed by atoms with Crippen LogP contribution in [0.5, 0.6) is 5.75 Å². The van der Waals surface area contributed by atoms with Crippen LogP contribution in [0.2, 0.25) is 0 Å². The maximum atomic E-state index is 11.4. The molecule has 0 bridgehead atoms. The van der Waals surface area contributed by atoms with E-state index in [0.717, 1.165) is 11.0 Å². The Hall–Kier alpha value is -1.75. The second kappa shape index (κ2) is 3.78. The fourth-order valence-corrected chi connectivity index (χ4v) is 1.56. The van der Waals surface area contributed by atoms with Crippen molar-refractivity contribution in [1.29, 1.82) is 0 Å². The van der Waals surface area contributed by atoms with Gasteiger partial charge < -0.3 is 15.5 Å². The summed E-state index contributed by atoms with van der Waals surface area (Å²) in [6.45, 7) is 0.896. The largest absolute Gasteiger partial charge is 0.490 e. The minimum Gasteiger partial charge on any atom is -0.490 e. The Morgan fingerprint density at radius 1 is 1.53 bits per heavy atom. The predicted molar refractivity (Wildman–Crippen MR) is 58.1 cm³/mol. The average molecular weight is 207 g/mol. The number of H-pyrrole nitrogens is 1. The number of nitrogens with two attached hydrogens (primary N) is 1.